The summed E-state index contributed by atoms with van der Waals surface area (Å²) in [4.78, 5) is 8.95. The van der Waals surface area contributed by atoms with Crippen LogP contribution in [0.2, 0.25) is 0 Å². The lowest BCUT2D eigenvalue weighted by molar-refractivity contribution is 0.881. The van der Waals surface area contributed by atoms with Gasteiger partial charge in [0.15, 0.2) is 5.82 Å². The van der Waals surface area contributed by atoms with E-state index in [2.05, 4.69) is 91.4 Å². The Morgan fingerprint density at radius 3 is 2.63 bits per heavy atom. The van der Waals surface area contributed by atoms with Crippen LogP contribution in [0.4, 0.5) is 5.82 Å². The first-order valence-electron chi connectivity index (χ1n) is 9.65. The molecule has 5 rings (SSSR count). The van der Waals surface area contributed by atoms with Gasteiger partial charge < -0.3 is 5.32 Å². The minimum atomic E-state index is 0.539. The van der Waals surface area contributed by atoms with Crippen molar-refractivity contribution in [3.8, 4) is 22.6 Å². The summed E-state index contributed by atoms with van der Waals surface area (Å²) in [6.07, 6.45) is 3.58. The zero-order valence-electron chi connectivity index (χ0n) is 16.4. The van der Waals surface area contributed by atoms with Crippen LogP contribution < -0.4 is 5.32 Å². The fourth-order valence-corrected chi connectivity index (χ4v) is 3.43. The number of aryl methyl sites for hydroxylation is 1. The summed E-state index contributed by atoms with van der Waals surface area (Å²) < 4.78 is 0. The minimum Gasteiger partial charge on any atom is -0.365 e. The first-order chi connectivity index (χ1) is 14.8. The number of nitrogens with zero attached hydrogens (tertiary/aromatic N) is 5. The second kappa shape index (κ2) is 7.71. The zero-order valence-corrected chi connectivity index (χ0v) is 16.4. The molecule has 7 heteroatoms. The molecule has 0 radical (unpaired) electrons. The van der Waals surface area contributed by atoms with Crippen LogP contribution >= 0.6 is 0 Å². The highest BCUT2D eigenvalue weighted by molar-refractivity contribution is 5.92. The second-order valence-electron chi connectivity index (χ2n) is 7.12. The summed E-state index contributed by atoms with van der Waals surface area (Å²) in [6, 6.07) is 21.0. The molecule has 2 N–H and O–H groups in total. The van der Waals surface area contributed by atoms with Gasteiger partial charge in [-0.3, -0.25) is 4.98 Å². The number of benzene rings is 2. The maximum Gasteiger partial charge on any atom is 0.198 e. The lowest BCUT2D eigenvalue weighted by atomic mass is 10.0. The van der Waals surface area contributed by atoms with Crippen LogP contribution in [-0.2, 0) is 6.54 Å². The van der Waals surface area contributed by atoms with Crippen LogP contribution in [0.3, 0.4) is 0 Å². The molecule has 146 valence electrons. The van der Waals surface area contributed by atoms with Crippen LogP contribution in [0, 0.1) is 6.92 Å². The Morgan fingerprint density at radius 2 is 1.83 bits per heavy atom. The lowest BCUT2D eigenvalue weighted by Crippen LogP contribution is -2.02. The van der Waals surface area contributed by atoms with Gasteiger partial charge in [0, 0.05) is 24.3 Å². The van der Waals surface area contributed by atoms with Gasteiger partial charge in [-0.2, -0.15) is 0 Å². The van der Waals surface area contributed by atoms with Crippen LogP contribution in [0.25, 0.3) is 33.4 Å². The van der Waals surface area contributed by atoms with Crippen LogP contribution in [0.5, 0.6) is 0 Å². The van der Waals surface area contributed by atoms with E-state index in [4.69, 9.17) is 0 Å². The molecule has 0 unspecified atom stereocenters. The largest absolute Gasteiger partial charge is 0.365 e. The first kappa shape index (κ1) is 17.9. The van der Waals surface area contributed by atoms with Crippen molar-refractivity contribution in [1.29, 1.82) is 0 Å². The number of rotatable bonds is 5. The molecule has 0 fully saturated rings. The maximum atomic E-state index is 4.49. The molecule has 0 atom stereocenters. The predicted molar refractivity (Wildman–Crippen MR) is 117 cm³/mol. The Kier molecular flexibility index (Phi) is 4.61. The number of hydrogen-bond acceptors (Lipinski definition) is 6. The number of pyridine rings is 2. The van der Waals surface area contributed by atoms with E-state index in [1.165, 1.54) is 22.3 Å². The monoisotopic (exact) mass is 393 g/mol. The maximum absolute atomic E-state index is 4.49. The average Bonchev–Trinajstić information content (AvgIpc) is 3.33. The molecular weight excluding hydrogens is 374 g/mol. The molecule has 0 saturated carbocycles. The molecule has 3 aromatic heterocycles. The van der Waals surface area contributed by atoms with E-state index in [1.807, 2.05) is 12.1 Å². The Bertz CT molecular complexity index is 1300. The Balaban J connectivity index is 1.35. The highest BCUT2D eigenvalue weighted by Crippen LogP contribution is 2.25. The Morgan fingerprint density at radius 1 is 0.933 bits per heavy atom. The van der Waals surface area contributed by atoms with Crippen LogP contribution in [-0.4, -0.2) is 30.6 Å². The van der Waals surface area contributed by atoms with Gasteiger partial charge in [0.1, 0.15) is 11.5 Å². The fourth-order valence-electron chi connectivity index (χ4n) is 3.43. The van der Waals surface area contributed by atoms with Crippen molar-refractivity contribution in [2.75, 3.05) is 5.32 Å². The number of aromatic nitrogens is 6. The van der Waals surface area contributed by atoms with E-state index in [-0.39, 0.29) is 0 Å². The standard InChI is InChI=1S/C23H19N7/c1-15-3-2-4-18(11-15)17-7-5-16(6-8-17)13-26-22-20-14-25-21(23-27-29-30-28-23)12-19(20)9-10-24-22/h2-12,14H,13H2,1H3,(H,24,26)(H,27,28,29,30). The van der Waals surface area contributed by atoms with Crippen molar-refractivity contribution in [3.05, 3.63) is 84.2 Å². The lowest BCUT2D eigenvalue weighted by Gasteiger charge is -2.10. The SMILES string of the molecule is Cc1cccc(-c2ccc(CNc3nccc4cc(-c5nnn[nH]5)ncc34)cc2)c1. The summed E-state index contributed by atoms with van der Waals surface area (Å²) >= 11 is 0. The van der Waals surface area contributed by atoms with E-state index < -0.39 is 0 Å². The van der Waals surface area contributed by atoms with Crippen molar-refractivity contribution in [3.63, 3.8) is 0 Å². The van der Waals surface area contributed by atoms with Gasteiger partial charge in [0.25, 0.3) is 0 Å². The first-order valence-corrected chi connectivity index (χ1v) is 9.65. The molecule has 5 aromatic rings. The smallest absolute Gasteiger partial charge is 0.198 e. The van der Waals surface area contributed by atoms with E-state index in [1.54, 1.807) is 12.4 Å². The van der Waals surface area contributed by atoms with Gasteiger partial charge in [0.05, 0.1) is 0 Å². The molecule has 0 amide bonds. The van der Waals surface area contributed by atoms with Gasteiger partial charge in [-0.1, -0.05) is 54.1 Å². The van der Waals surface area contributed by atoms with Gasteiger partial charge in [-0.25, -0.2) is 10.1 Å². The molecule has 0 aliphatic carbocycles. The third kappa shape index (κ3) is 3.60. The van der Waals surface area contributed by atoms with Gasteiger partial charge >= 0.3 is 0 Å². The summed E-state index contributed by atoms with van der Waals surface area (Å²) in [5.74, 6) is 1.34. The number of aromatic amines is 1. The zero-order chi connectivity index (χ0) is 20.3. The van der Waals surface area contributed by atoms with Crippen molar-refractivity contribution in [2.45, 2.75) is 13.5 Å². The minimum absolute atomic E-state index is 0.539. The number of H-pyrrole nitrogens is 1. The molecule has 30 heavy (non-hydrogen) atoms. The summed E-state index contributed by atoms with van der Waals surface area (Å²) in [5.41, 5.74) is 5.58. The van der Waals surface area contributed by atoms with E-state index in [0.29, 0.717) is 18.1 Å². The fraction of sp³-hybridized carbons (Fsp3) is 0.0870. The molecule has 7 nitrogen and oxygen atoms in total. The normalized spacial score (nSPS) is 11.0. The molecule has 0 aliphatic rings. The number of anilines is 1. The van der Waals surface area contributed by atoms with Crippen LogP contribution in [0.15, 0.2) is 73.1 Å². The van der Waals surface area contributed by atoms with E-state index >= 15 is 0 Å². The second-order valence-corrected chi connectivity index (χ2v) is 7.12. The highest BCUT2D eigenvalue weighted by Gasteiger charge is 2.08. The highest BCUT2D eigenvalue weighted by atomic mass is 15.5. The van der Waals surface area contributed by atoms with E-state index in [0.717, 1.165) is 16.6 Å². The molecule has 0 bridgehead atoms. The number of tetrazole rings is 1. The average molecular weight is 393 g/mol. The van der Waals surface area contributed by atoms with Gasteiger partial charge in [-0.15, -0.1) is 5.10 Å². The summed E-state index contributed by atoms with van der Waals surface area (Å²) in [7, 11) is 0. The molecule has 0 spiro atoms. The predicted octanol–water partition coefficient (Wildman–Crippen LogP) is 4.40. The quantitative estimate of drug-likeness (QED) is 0.460. The molecule has 3 heterocycles. The van der Waals surface area contributed by atoms with E-state index in [9.17, 15) is 0 Å². The van der Waals surface area contributed by atoms with Crippen molar-refractivity contribution in [2.24, 2.45) is 0 Å². The Hall–Kier alpha value is -4.13. The third-order valence-electron chi connectivity index (χ3n) is 5.00. The van der Waals surface area contributed by atoms with Gasteiger partial charge in [-0.05, 0) is 51.6 Å². The summed E-state index contributed by atoms with van der Waals surface area (Å²) in [5, 5.41) is 19.2. The Labute approximate surface area is 173 Å². The number of fused-ring (bicyclic) bond motifs is 1. The van der Waals surface area contributed by atoms with Crippen molar-refractivity contribution in [1.82, 2.24) is 30.6 Å². The van der Waals surface area contributed by atoms with Crippen LogP contribution in [0.1, 0.15) is 11.1 Å². The summed E-state index contributed by atoms with van der Waals surface area (Å²) in [6.45, 7) is 2.78. The molecule has 0 aliphatic heterocycles. The number of nitrogens with one attached hydrogen (secondary N) is 2. The van der Waals surface area contributed by atoms with Crippen molar-refractivity contribution >= 4 is 16.6 Å². The molecule has 2 aromatic carbocycles. The van der Waals surface area contributed by atoms with Gasteiger partial charge in [0.2, 0.25) is 0 Å². The third-order valence-corrected chi connectivity index (χ3v) is 5.00. The number of hydrogen-bond donors (Lipinski definition) is 2. The molecular formula is C23H19N7. The molecule has 0 saturated heterocycles. The topological polar surface area (TPSA) is 92.3 Å². The van der Waals surface area contributed by atoms with Crippen molar-refractivity contribution < 1.29 is 0 Å².